The molecule has 4 heteroatoms. The molecule has 2 aliphatic rings. The molecule has 2 heterocycles. The highest BCUT2D eigenvalue weighted by atomic mass is 16.1. The van der Waals surface area contributed by atoms with Crippen molar-refractivity contribution in [3.05, 3.63) is 35.9 Å². The average Bonchev–Trinajstić information content (AvgIpc) is 2.76. The largest absolute Gasteiger partial charge is 0.348 e. The van der Waals surface area contributed by atoms with E-state index in [9.17, 15) is 4.79 Å². The maximum atomic E-state index is 11.6. The van der Waals surface area contributed by atoms with Gasteiger partial charge in [-0.15, -0.1) is 0 Å². The zero-order chi connectivity index (χ0) is 14.2. The maximum absolute atomic E-state index is 11.6. The summed E-state index contributed by atoms with van der Waals surface area (Å²) in [6.45, 7) is 4.49. The summed E-state index contributed by atoms with van der Waals surface area (Å²) in [4.78, 5) is 14.0. The molecule has 0 aliphatic carbocycles. The fourth-order valence-electron chi connectivity index (χ4n) is 3.96. The van der Waals surface area contributed by atoms with E-state index in [1.807, 2.05) is 6.07 Å². The second-order valence-electron chi connectivity index (χ2n) is 6.24. The third-order valence-corrected chi connectivity index (χ3v) is 4.71. The summed E-state index contributed by atoms with van der Waals surface area (Å²) >= 11 is 0. The van der Waals surface area contributed by atoms with E-state index in [4.69, 9.17) is 0 Å². The fraction of sp³-hybridized carbons (Fsp3) is 0.562. The summed E-state index contributed by atoms with van der Waals surface area (Å²) in [6, 6.07) is 10.9. The van der Waals surface area contributed by atoms with Gasteiger partial charge in [0.1, 0.15) is 0 Å². The minimum Gasteiger partial charge on any atom is -0.348 e. The van der Waals surface area contributed by atoms with Gasteiger partial charge >= 0.3 is 0 Å². The number of rotatable bonds is 2. The SMILES string of the molecule is CC(=O)N[C@]12CN[C@H](c3ccccc3)C1CCN(C)C2. The zero-order valence-corrected chi connectivity index (χ0v) is 12.2. The Bertz CT molecular complexity index is 490. The summed E-state index contributed by atoms with van der Waals surface area (Å²) < 4.78 is 0. The van der Waals surface area contributed by atoms with Gasteiger partial charge in [-0.1, -0.05) is 30.3 Å². The van der Waals surface area contributed by atoms with Crippen molar-refractivity contribution in [3.63, 3.8) is 0 Å². The van der Waals surface area contributed by atoms with Crippen molar-refractivity contribution >= 4 is 5.91 Å². The Labute approximate surface area is 120 Å². The molecule has 2 fully saturated rings. The standard InChI is InChI=1S/C16H23N3O/c1-12(20)18-16-10-17-15(13-6-4-3-5-7-13)14(16)8-9-19(2)11-16/h3-7,14-15,17H,8-11H2,1-2H3,(H,18,20)/t14?,15-,16+/m1/s1. The lowest BCUT2D eigenvalue weighted by Gasteiger charge is -2.44. The van der Waals surface area contributed by atoms with Gasteiger partial charge in [-0.3, -0.25) is 4.79 Å². The molecule has 0 spiro atoms. The number of nitrogens with one attached hydrogen (secondary N) is 2. The topological polar surface area (TPSA) is 44.4 Å². The first-order valence-electron chi connectivity index (χ1n) is 7.36. The van der Waals surface area contributed by atoms with Crippen LogP contribution >= 0.6 is 0 Å². The number of piperidine rings is 1. The van der Waals surface area contributed by atoms with Crippen molar-refractivity contribution in [2.45, 2.75) is 24.9 Å². The Kier molecular flexibility index (Phi) is 3.52. The van der Waals surface area contributed by atoms with Crippen LogP contribution in [0.4, 0.5) is 0 Å². The molecule has 2 aliphatic heterocycles. The second kappa shape index (κ2) is 5.19. The van der Waals surface area contributed by atoms with Gasteiger partial charge in [-0.05, 0) is 25.6 Å². The van der Waals surface area contributed by atoms with E-state index in [0.717, 1.165) is 26.1 Å². The molecule has 4 nitrogen and oxygen atoms in total. The number of hydrogen-bond donors (Lipinski definition) is 2. The molecular weight excluding hydrogens is 250 g/mol. The van der Waals surface area contributed by atoms with E-state index < -0.39 is 0 Å². The van der Waals surface area contributed by atoms with Gasteiger partial charge in [-0.2, -0.15) is 0 Å². The molecule has 2 N–H and O–H groups in total. The van der Waals surface area contributed by atoms with Gasteiger partial charge in [0.05, 0.1) is 5.54 Å². The summed E-state index contributed by atoms with van der Waals surface area (Å²) in [5.74, 6) is 0.533. The summed E-state index contributed by atoms with van der Waals surface area (Å²) in [7, 11) is 2.13. The van der Waals surface area contributed by atoms with Crippen LogP contribution in [0.25, 0.3) is 0 Å². The zero-order valence-electron chi connectivity index (χ0n) is 12.2. The highest BCUT2D eigenvalue weighted by Gasteiger charge is 2.51. The van der Waals surface area contributed by atoms with Crippen LogP contribution in [0.5, 0.6) is 0 Å². The first-order chi connectivity index (χ1) is 9.61. The number of hydrogen-bond acceptors (Lipinski definition) is 3. The van der Waals surface area contributed by atoms with Gasteiger partial charge in [0.15, 0.2) is 0 Å². The van der Waals surface area contributed by atoms with Crippen LogP contribution in [0.2, 0.25) is 0 Å². The third-order valence-electron chi connectivity index (χ3n) is 4.71. The molecule has 2 saturated heterocycles. The van der Waals surface area contributed by atoms with Crippen LogP contribution in [0.1, 0.15) is 24.9 Å². The molecule has 108 valence electrons. The molecule has 3 atom stereocenters. The minimum absolute atomic E-state index is 0.0702. The quantitative estimate of drug-likeness (QED) is 0.850. The number of benzene rings is 1. The number of carbonyl (C=O) groups excluding carboxylic acids is 1. The van der Waals surface area contributed by atoms with Gasteiger partial charge in [0.25, 0.3) is 0 Å². The molecule has 20 heavy (non-hydrogen) atoms. The lowest BCUT2D eigenvalue weighted by Crippen LogP contribution is -2.62. The Morgan fingerprint density at radius 2 is 2.15 bits per heavy atom. The van der Waals surface area contributed by atoms with Crippen molar-refractivity contribution in [1.29, 1.82) is 0 Å². The first-order valence-corrected chi connectivity index (χ1v) is 7.36. The van der Waals surface area contributed by atoms with Crippen LogP contribution in [-0.2, 0) is 4.79 Å². The monoisotopic (exact) mass is 273 g/mol. The molecular formula is C16H23N3O. The minimum atomic E-state index is -0.126. The lowest BCUT2D eigenvalue weighted by atomic mass is 9.76. The van der Waals surface area contributed by atoms with Crippen LogP contribution < -0.4 is 10.6 Å². The van der Waals surface area contributed by atoms with Gasteiger partial charge < -0.3 is 15.5 Å². The Morgan fingerprint density at radius 1 is 1.40 bits per heavy atom. The summed E-state index contributed by atoms with van der Waals surface area (Å²) in [5, 5.41) is 6.88. The van der Waals surface area contributed by atoms with Crippen molar-refractivity contribution < 1.29 is 4.79 Å². The number of amides is 1. The second-order valence-corrected chi connectivity index (χ2v) is 6.24. The van der Waals surface area contributed by atoms with Crippen molar-refractivity contribution in [2.24, 2.45) is 5.92 Å². The summed E-state index contributed by atoms with van der Waals surface area (Å²) in [6.07, 6.45) is 1.11. The number of likely N-dealkylation sites (N-methyl/N-ethyl adjacent to an activating group) is 1. The molecule has 1 aromatic rings. The van der Waals surface area contributed by atoms with Crippen LogP contribution in [-0.4, -0.2) is 43.0 Å². The van der Waals surface area contributed by atoms with E-state index in [-0.39, 0.29) is 11.4 Å². The number of fused-ring (bicyclic) bond motifs is 1. The number of carbonyl (C=O) groups is 1. The van der Waals surface area contributed by atoms with Crippen molar-refractivity contribution in [1.82, 2.24) is 15.5 Å². The first kappa shape index (κ1) is 13.6. The normalized spacial score (nSPS) is 33.7. The Morgan fingerprint density at radius 3 is 2.85 bits per heavy atom. The van der Waals surface area contributed by atoms with E-state index in [1.54, 1.807) is 6.92 Å². The molecule has 0 radical (unpaired) electrons. The highest BCUT2D eigenvalue weighted by molar-refractivity contribution is 5.74. The highest BCUT2D eigenvalue weighted by Crippen LogP contribution is 2.41. The van der Waals surface area contributed by atoms with Crippen LogP contribution in [0.3, 0.4) is 0 Å². The van der Waals surface area contributed by atoms with Crippen LogP contribution in [0, 0.1) is 5.92 Å². The predicted octanol–water partition coefficient (Wildman–Crippen LogP) is 1.16. The molecule has 3 rings (SSSR count). The third kappa shape index (κ3) is 2.34. The number of nitrogens with zero attached hydrogens (tertiary/aromatic N) is 1. The smallest absolute Gasteiger partial charge is 0.217 e. The van der Waals surface area contributed by atoms with Gasteiger partial charge in [0.2, 0.25) is 5.91 Å². The van der Waals surface area contributed by atoms with Crippen LogP contribution in [0.15, 0.2) is 30.3 Å². The van der Waals surface area contributed by atoms with Gasteiger partial charge in [0, 0.05) is 32.0 Å². The maximum Gasteiger partial charge on any atom is 0.217 e. The van der Waals surface area contributed by atoms with E-state index in [0.29, 0.717) is 12.0 Å². The Hall–Kier alpha value is -1.39. The lowest BCUT2D eigenvalue weighted by molar-refractivity contribution is -0.122. The molecule has 0 aromatic heterocycles. The molecule has 1 unspecified atom stereocenters. The molecule has 1 aromatic carbocycles. The Balaban J connectivity index is 1.89. The van der Waals surface area contributed by atoms with E-state index >= 15 is 0 Å². The van der Waals surface area contributed by atoms with E-state index in [1.165, 1.54) is 5.56 Å². The average molecular weight is 273 g/mol. The predicted molar refractivity (Wildman–Crippen MR) is 79.3 cm³/mol. The van der Waals surface area contributed by atoms with E-state index in [2.05, 4.69) is 46.8 Å². The van der Waals surface area contributed by atoms with Gasteiger partial charge in [-0.25, -0.2) is 0 Å². The van der Waals surface area contributed by atoms with Crippen molar-refractivity contribution in [2.75, 3.05) is 26.7 Å². The fourth-order valence-corrected chi connectivity index (χ4v) is 3.96. The van der Waals surface area contributed by atoms with Crippen molar-refractivity contribution in [3.8, 4) is 0 Å². The molecule has 0 bridgehead atoms. The molecule has 0 saturated carbocycles. The molecule has 1 amide bonds. The number of likely N-dealkylation sites (tertiary alicyclic amines) is 1. The summed E-state index contributed by atoms with van der Waals surface area (Å²) in [5.41, 5.74) is 1.20.